The molecule has 1 unspecified atom stereocenters. The van der Waals surface area contributed by atoms with E-state index in [1.165, 1.54) is 17.8 Å². The highest BCUT2D eigenvalue weighted by atomic mass is 16.3. The third-order valence-corrected chi connectivity index (χ3v) is 3.07. The summed E-state index contributed by atoms with van der Waals surface area (Å²) in [6.45, 7) is 4.34. The van der Waals surface area contributed by atoms with Crippen molar-refractivity contribution >= 4 is 0 Å². The lowest BCUT2D eigenvalue weighted by Gasteiger charge is -2.20. The Morgan fingerprint density at radius 3 is 2.44 bits per heavy atom. The molecule has 0 fully saturated rings. The number of aliphatic hydroxyl groups is 1. The SMILES string of the molecule is CC(C)C(CO)NCc1cn(C)c(=O)n(C)c1=O. The standard InChI is InChI=1S/C12H21N3O3/c1-8(2)10(7-16)13-5-9-6-14(3)12(18)15(4)11(9)17/h6,8,10,13,16H,5,7H2,1-4H3. The van der Waals surface area contributed by atoms with E-state index in [4.69, 9.17) is 0 Å². The Balaban J connectivity index is 2.93. The number of aliphatic hydroxyl groups excluding tert-OH is 1. The van der Waals surface area contributed by atoms with Gasteiger partial charge in [-0.3, -0.25) is 9.36 Å². The van der Waals surface area contributed by atoms with Gasteiger partial charge in [0.05, 0.1) is 6.61 Å². The van der Waals surface area contributed by atoms with Crippen LogP contribution >= 0.6 is 0 Å². The summed E-state index contributed by atoms with van der Waals surface area (Å²) in [6, 6.07) is -0.0630. The summed E-state index contributed by atoms with van der Waals surface area (Å²) in [7, 11) is 3.07. The third kappa shape index (κ3) is 3.08. The molecule has 0 aliphatic heterocycles. The minimum atomic E-state index is -0.341. The van der Waals surface area contributed by atoms with Gasteiger partial charge in [0.1, 0.15) is 0 Å². The van der Waals surface area contributed by atoms with E-state index < -0.39 is 0 Å². The van der Waals surface area contributed by atoms with E-state index in [2.05, 4.69) is 5.32 Å². The second kappa shape index (κ2) is 5.97. The molecule has 0 aliphatic rings. The third-order valence-electron chi connectivity index (χ3n) is 3.07. The lowest BCUT2D eigenvalue weighted by atomic mass is 10.1. The normalized spacial score (nSPS) is 13.0. The molecular formula is C12H21N3O3. The Morgan fingerprint density at radius 2 is 1.94 bits per heavy atom. The van der Waals surface area contributed by atoms with Gasteiger partial charge in [-0.15, -0.1) is 0 Å². The first kappa shape index (κ1) is 14.7. The molecule has 2 N–H and O–H groups in total. The van der Waals surface area contributed by atoms with Crippen molar-refractivity contribution in [2.75, 3.05) is 6.61 Å². The van der Waals surface area contributed by atoms with Gasteiger partial charge in [0, 0.05) is 38.4 Å². The van der Waals surface area contributed by atoms with Crippen molar-refractivity contribution in [3.05, 3.63) is 32.6 Å². The number of aryl methyl sites for hydroxylation is 1. The van der Waals surface area contributed by atoms with Crippen molar-refractivity contribution in [3.63, 3.8) is 0 Å². The highest BCUT2D eigenvalue weighted by Crippen LogP contribution is 2.01. The van der Waals surface area contributed by atoms with Gasteiger partial charge in [-0.05, 0) is 5.92 Å². The van der Waals surface area contributed by atoms with Crippen molar-refractivity contribution in [1.29, 1.82) is 0 Å². The van der Waals surface area contributed by atoms with Gasteiger partial charge in [-0.25, -0.2) is 4.79 Å². The van der Waals surface area contributed by atoms with Gasteiger partial charge in [0.25, 0.3) is 5.56 Å². The van der Waals surface area contributed by atoms with Gasteiger partial charge in [-0.2, -0.15) is 0 Å². The molecular weight excluding hydrogens is 234 g/mol. The average molecular weight is 255 g/mol. The monoisotopic (exact) mass is 255 g/mol. The molecule has 0 aromatic carbocycles. The van der Waals surface area contributed by atoms with Crippen LogP contribution in [0, 0.1) is 5.92 Å². The van der Waals surface area contributed by atoms with Crippen LogP contribution in [0.25, 0.3) is 0 Å². The molecule has 0 saturated heterocycles. The molecule has 0 amide bonds. The molecule has 0 bridgehead atoms. The fraction of sp³-hybridized carbons (Fsp3) is 0.667. The molecule has 6 nitrogen and oxygen atoms in total. The maximum absolute atomic E-state index is 11.9. The molecule has 1 aromatic heterocycles. The van der Waals surface area contributed by atoms with Crippen LogP contribution in [0.1, 0.15) is 19.4 Å². The molecule has 102 valence electrons. The fourth-order valence-electron chi connectivity index (χ4n) is 1.76. The summed E-state index contributed by atoms with van der Waals surface area (Å²) >= 11 is 0. The van der Waals surface area contributed by atoms with Crippen LogP contribution in [0.4, 0.5) is 0 Å². The number of nitrogens with one attached hydrogen (secondary N) is 1. The molecule has 0 aliphatic carbocycles. The highest BCUT2D eigenvalue weighted by molar-refractivity contribution is 5.05. The number of hydrogen-bond donors (Lipinski definition) is 2. The predicted molar refractivity (Wildman–Crippen MR) is 69.5 cm³/mol. The number of aromatic nitrogens is 2. The minimum Gasteiger partial charge on any atom is -0.395 e. The van der Waals surface area contributed by atoms with Crippen LogP contribution in [0.15, 0.2) is 15.8 Å². The Bertz CT molecular complexity index is 516. The summed E-state index contributed by atoms with van der Waals surface area (Å²) in [4.78, 5) is 23.4. The molecule has 6 heteroatoms. The second-order valence-corrected chi connectivity index (χ2v) is 4.83. The van der Waals surface area contributed by atoms with E-state index in [0.29, 0.717) is 12.1 Å². The lowest BCUT2D eigenvalue weighted by Crippen LogP contribution is -2.42. The van der Waals surface area contributed by atoms with Crippen LogP contribution in [0.5, 0.6) is 0 Å². The maximum atomic E-state index is 11.9. The zero-order valence-corrected chi connectivity index (χ0v) is 11.3. The van der Waals surface area contributed by atoms with Crippen molar-refractivity contribution in [1.82, 2.24) is 14.5 Å². The summed E-state index contributed by atoms with van der Waals surface area (Å²) in [5, 5.41) is 12.3. The van der Waals surface area contributed by atoms with E-state index in [1.54, 1.807) is 7.05 Å². The number of rotatable bonds is 5. The molecule has 1 heterocycles. The van der Waals surface area contributed by atoms with Gasteiger partial charge in [0.15, 0.2) is 0 Å². The van der Waals surface area contributed by atoms with E-state index >= 15 is 0 Å². The van der Waals surface area contributed by atoms with Crippen LogP contribution in [0.2, 0.25) is 0 Å². The van der Waals surface area contributed by atoms with Crippen molar-refractivity contribution in [3.8, 4) is 0 Å². The van der Waals surface area contributed by atoms with E-state index in [0.717, 1.165) is 4.57 Å². The van der Waals surface area contributed by atoms with E-state index in [-0.39, 0.29) is 29.8 Å². The van der Waals surface area contributed by atoms with Crippen LogP contribution < -0.4 is 16.6 Å². The first-order chi connectivity index (χ1) is 8.38. The van der Waals surface area contributed by atoms with Crippen LogP contribution in [-0.2, 0) is 20.6 Å². The lowest BCUT2D eigenvalue weighted by molar-refractivity contribution is 0.210. The second-order valence-electron chi connectivity index (χ2n) is 4.83. The molecule has 0 spiro atoms. The van der Waals surface area contributed by atoms with Crippen molar-refractivity contribution < 1.29 is 5.11 Å². The summed E-state index contributed by atoms with van der Waals surface area (Å²) < 4.78 is 2.46. The molecule has 18 heavy (non-hydrogen) atoms. The van der Waals surface area contributed by atoms with Crippen molar-refractivity contribution in [2.45, 2.75) is 26.4 Å². The molecule has 1 atom stereocenters. The maximum Gasteiger partial charge on any atom is 0.330 e. The minimum absolute atomic E-state index is 0.0176. The average Bonchev–Trinajstić information content (AvgIpc) is 2.33. The smallest absolute Gasteiger partial charge is 0.330 e. The molecule has 1 aromatic rings. The van der Waals surface area contributed by atoms with E-state index in [1.807, 2.05) is 13.8 Å². The summed E-state index contributed by atoms with van der Waals surface area (Å²) in [5.74, 6) is 0.270. The Kier molecular flexibility index (Phi) is 4.86. The zero-order chi connectivity index (χ0) is 13.9. The zero-order valence-electron chi connectivity index (χ0n) is 11.3. The highest BCUT2D eigenvalue weighted by Gasteiger charge is 2.13. The first-order valence-electron chi connectivity index (χ1n) is 5.98. The first-order valence-corrected chi connectivity index (χ1v) is 5.98. The Labute approximate surface area is 106 Å². The summed E-state index contributed by atoms with van der Waals surface area (Å²) in [5.41, 5.74) is -0.129. The van der Waals surface area contributed by atoms with E-state index in [9.17, 15) is 14.7 Å². The predicted octanol–water partition coefficient (Wildman–Crippen LogP) is -0.809. The Hall–Kier alpha value is -1.40. The van der Waals surface area contributed by atoms with Crippen molar-refractivity contribution in [2.24, 2.45) is 20.0 Å². The fourth-order valence-corrected chi connectivity index (χ4v) is 1.76. The number of nitrogens with zero attached hydrogens (tertiary/aromatic N) is 2. The van der Waals surface area contributed by atoms with Gasteiger partial charge < -0.3 is 15.0 Å². The Morgan fingerprint density at radius 1 is 1.33 bits per heavy atom. The van der Waals surface area contributed by atoms with Gasteiger partial charge >= 0.3 is 5.69 Å². The molecule has 0 radical (unpaired) electrons. The van der Waals surface area contributed by atoms with Gasteiger partial charge in [0.2, 0.25) is 0 Å². The van der Waals surface area contributed by atoms with Crippen LogP contribution in [0.3, 0.4) is 0 Å². The van der Waals surface area contributed by atoms with Crippen LogP contribution in [-0.4, -0.2) is 26.9 Å². The molecule has 0 saturated carbocycles. The largest absolute Gasteiger partial charge is 0.395 e. The van der Waals surface area contributed by atoms with Gasteiger partial charge in [-0.1, -0.05) is 13.8 Å². The summed E-state index contributed by atoms with van der Waals surface area (Å²) in [6.07, 6.45) is 1.53. The quantitative estimate of drug-likeness (QED) is 0.721. The molecule has 1 rings (SSSR count). The topological polar surface area (TPSA) is 76.3 Å². The number of hydrogen-bond acceptors (Lipinski definition) is 4.